The van der Waals surface area contributed by atoms with Gasteiger partial charge in [0, 0.05) is 36.9 Å². The second-order valence-electron chi connectivity index (χ2n) is 8.19. The highest BCUT2D eigenvalue weighted by Gasteiger charge is 2.22. The predicted octanol–water partition coefficient (Wildman–Crippen LogP) is 2.28. The van der Waals surface area contributed by atoms with E-state index >= 15 is 0 Å². The van der Waals surface area contributed by atoms with Crippen LogP contribution in [-0.2, 0) is 27.3 Å². The second-order valence-corrected chi connectivity index (χ2v) is 8.19. The average Bonchev–Trinajstić information content (AvgIpc) is 2.81. The first-order valence-electron chi connectivity index (χ1n) is 11.6. The van der Waals surface area contributed by atoms with E-state index < -0.39 is 0 Å². The van der Waals surface area contributed by atoms with Gasteiger partial charge in [0.2, 0.25) is 5.91 Å². The topological polar surface area (TPSA) is 153 Å². The Morgan fingerprint density at radius 1 is 1.17 bits per heavy atom. The molecule has 1 amide bonds. The third-order valence-corrected chi connectivity index (χ3v) is 5.83. The maximum Gasteiger partial charge on any atom is 0.345 e. The maximum atomic E-state index is 12.3. The summed E-state index contributed by atoms with van der Waals surface area (Å²) in [4.78, 5) is 49.6. The highest BCUT2D eigenvalue weighted by atomic mass is 16.3. The van der Waals surface area contributed by atoms with E-state index in [2.05, 4.69) is 50.5 Å². The summed E-state index contributed by atoms with van der Waals surface area (Å²) in [6, 6.07) is 11.1. The Balaban J connectivity index is 0.000000926. The van der Waals surface area contributed by atoms with E-state index in [4.69, 9.17) is 19.8 Å². The number of aromatic amines is 1. The molecule has 2 aromatic rings. The number of carboxylic acid groups (broad SMARTS) is 2. The van der Waals surface area contributed by atoms with Gasteiger partial charge in [0.1, 0.15) is 0 Å². The molecule has 4 N–H and O–H groups in total. The molecule has 192 valence electrons. The first-order chi connectivity index (χ1) is 16.9. The number of H-pyrrole nitrogens is 1. The van der Waals surface area contributed by atoms with Crippen LogP contribution in [0.15, 0.2) is 35.1 Å². The fourth-order valence-electron chi connectivity index (χ4n) is 4.24. The van der Waals surface area contributed by atoms with Crippen LogP contribution in [0.4, 0.5) is 0 Å². The SMILES string of the molecule is Cc1nc(=O)[nH]c(C)c1CCC(=O)NCCC1CCCCN1Cc1ccccc1.O=CO.O=CO. The molecule has 0 spiro atoms. The number of likely N-dealkylation sites (tertiary alicyclic amines) is 1. The summed E-state index contributed by atoms with van der Waals surface area (Å²) in [5.41, 5.74) is 3.48. The van der Waals surface area contributed by atoms with E-state index in [0.29, 0.717) is 31.1 Å². The van der Waals surface area contributed by atoms with Crippen LogP contribution in [0.5, 0.6) is 0 Å². The van der Waals surface area contributed by atoms with Crippen molar-refractivity contribution in [3.8, 4) is 0 Å². The molecule has 35 heavy (non-hydrogen) atoms. The van der Waals surface area contributed by atoms with Crippen molar-refractivity contribution in [1.82, 2.24) is 20.2 Å². The number of hydrogen-bond donors (Lipinski definition) is 4. The van der Waals surface area contributed by atoms with Crippen molar-refractivity contribution < 1.29 is 24.6 Å². The Bertz CT molecular complexity index is 932. The quantitative estimate of drug-likeness (QED) is 0.413. The van der Waals surface area contributed by atoms with Gasteiger partial charge in [0.15, 0.2) is 0 Å². The van der Waals surface area contributed by atoms with E-state index in [1.54, 1.807) is 0 Å². The molecule has 1 unspecified atom stereocenters. The minimum Gasteiger partial charge on any atom is -0.483 e. The van der Waals surface area contributed by atoms with E-state index in [1.165, 1.54) is 24.8 Å². The van der Waals surface area contributed by atoms with Crippen LogP contribution >= 0.6 is 0 Å². The van der Waals surface area contributed by atoms with Crippen LogP contribution in [0, 0.1) is 13.8 Å². The monoisotopic (exact) mass is 488 g/mol. The molecule has 1 fully saturated rings. The molecule has 1 aromatic carbocycles. The van der Waals surface area contributed by atoms with Crippen molar-refractivity contribution in [2.45, 2.75) is 65.0 Å². The summed E-state index contributed by atoms with van der Waals surface area (Å²) in [5, 5.41) is 16.9. The molecule has 1 aliphatic rings. The fraction of sp³-hybridized carbons (Fsp3) is 0.480. The van der Waals surface area contributed by atoms with E-state index in [0.717, 1.165) is 30.8 Å². The summed E-state index contributed by atoms with van der Waals surface area (Å²) < 4.78 is 0. The summed E-state index contributed by atoms with van der Waals surface area (Å²) >= 11 is 0. The number of hydrogen-bond acceptors (Lipinski definition) is 6. The van der Waals surface area contributed by atoms with Crippen molar-refractivity contribution in [1.29, 1.82) is 0 Å². The van der Waals surface area contributed by atoms with Gasteiger partial charge in [0.05, 0.1) is 0 Å². The number of rotatable bonds is 8. The molecule has 10 nitrogen and oxygen atoms in total. The molecule has 10 heteroatoms. The average molecular weight is 489 g/mol. The number of aryl methyl sites for hydroxylation is 2. The predicted molar refractivity (Wildman–Crippen MR) is 132 cm³/mol. The molecule has 0 saturated carbocycles. The van der Waals surface area contributed by atoms with Gasteiger partial charge in [0.25, 0.3) is 12.9 Å². The third-order valence-electron chi connectivity index (χ3n) is 5.83. The summed E-state index contributed by atoms with van der Waals surface area (Å²) in [6.07, 6.45) is 5.70. The highest BCUT2D eigenvalue weighted by molar-refractivity contribution is 5.76. The van der Waals surface area contributed by atoms with Gasteiger partial charge in [-0.1, -0.05) is 36.8 Å². The summed E-state index contributed by atoms with van der Waals surface area (Å²) in [6.45, 7) is 5.99. The number of benzene rings is 1. The highest BCUT2D eigenvalue weighted by Crippen LogP contribution is 2.21. The van der Waals surface area contributed by atoms with Gasteiger partial charge in [-0.05, 0) is 57.2 Å². The van der Waals surface area contributed by atoms with E-state index in [1.807, 2.05) is 13.8 Å². The third kappa shape index (κ3) is 11.4. The number of amides is 1. The Hall–Kier alpha value is -3.53. The lowest BCUT2D eigenvalue weighted by atomic mass is 9.98. The van der Waals surface area contributed by atoms with E-state index in [-0.39, 0.29) is 24.5 Å². The summed E-state index contributed by atoms with van der Waals surface area (Å²) in [5.74, 6) is 0.0559. The Kier molecular flexibility index (Phi) is 14.3. The number of piperidine rings is 1. The first kappa shape index (κ1) is 29.5. The van der Waals surface area contributed by atoms with E-state index in [9.17, 15) is 9.59 Å². The molecule has 3 rings (SSSR count). The zero-order valence-electron chi connectivity index (χ0n) is 20.4. The van der Waals surface area contributed by atoms with Crippen LogP contribution < -0.4 is 11.0 Å². The van der Waals surface area contributed by atoms with Crippen LogP contribution in [0.25, 0.3) is 0 Å². The van der Waals surface area contributed by atoms with Crippen molar-refractivity contribution in [3.05, 3.63) is 63.3 Å². The Morgan fingerprint density at radius 2 is 1.83 bits per heavy atom. The molecule has 0 radical (unpaired) electrons. The standard InChI is InChI=1S/C23H32N4O2.2CH2O2/c1-17-21(18(2)26-23(29)25-17)11-12-22(28)24-14-13-20-10-6-7-15-27(20)16-19-8-4-3-5-9-19;2*2-1-3/h3-5,8-9,20H,6-7,10-16H2,1-2H3,(H,24,28)(H,25,26,29);2*1H,(H,2,3). The number of aromatic nitrogens is 2. The normalized spacial score (nSPS) is 15.0. The van der Waals surface area contributed by atoms with Crippen LogP contribution in [0.3, 0.4) is 0 Å². The van der Waals surface area contributed by atoms with Crippen molar-refractivity contribution >= 4 is 18.9 Å². The molecular weight excluding hydrogens is 452 g/mol. The molecular formula is C25H36N4O6. The number of carbonyl (C=O) groups is 3. The number of nitrogens with one attached hydrogen (secondary N) is 2. The second kappa shape index (κ2) is 17.0. The maximum absolute atomic E-state index is 12.3. The van der Waals surface area contributed by atoms with Crippen LogP contribution in [0.1, 0.15) is 54.6 Å². The van der Waals surface area contributed by atoms with Crippen molar-refractivity contribution in [3.63, 3.8) is 0 Å². The zero-order valence-corrected chi connectivity index (χ0v) is 20.4. The van der Waals surface area contributed by atoms with Crippen LogP contribution in [-0.4, -0.2) is 63.1 Å². The number of nitrogens with zero attached hydrogens (tertiary/aromatic N) is 2. The lowest BCUT2D eigenvalue weighted by Crippen LogP contribution is -2.41. The summed E-state index contributed by atoms with van der Waals surface area (Å²) in [7, 11) is 0. The number of carbonyl (C=O) groups excluding carboxylic acids is 1. The first-order valence-corrected chi connectivity index (χ1v) is 11.6. The molecule has 1 aliphatic heterocycles. The van der Waals surface area contributed by atoms with Gasteiger partial charge in [-0.25, -0.2) is 4.79 Å². The van der Waals surface area contributed by atoms with Crippen molar-refractivity contribution in [2.75, 3.05) is 13.1 Å². The van der Waals surface area contributed by atoms with Gasteiger partial charge in [-0.15, -0.1) is 0 Å². The molecule has 1 saturated heterocycles. The molecule has 0 aliphatic carbocycles. The Labute approximate surface area is 205 Å². The lowest BCUT2D eigenvalue weighted by Gasteiger charge is -2.36. The van der Waals surface area contributed by atoms with Crippen LogP contribution in [0.2, 0.25) is 0 Å². The van der Waals surface area contributed by atoms with Gasteiger partial charge in [-0.2, -0.15) is 4.98 Å². The van der Waals surface area contributed by atoms with Gasteiger partial charge >= 0.3 is 5.69 Å². The van der Waals surface area contributed by atoms with Crippen molar-refractivity contribution in [2.24, 2.45) is 0 Å². The van der Waals surface area contributed by atoms with Gasteiger partial charge < -0.3 is 20.5 Å². The largest absolute Gasteiger partial charge is 0.483 e. The molecule has 2 heterocycles. The molecule has 1 aromatic heterocycles. The smallest absolute Gasteiger partial charge is 0.345 e. The lowest BCUT2D eigenvalue weighted by molar-refractivity contribution is -0.123. The van der Waals surface area contributed by atoms with Gasteiger partial charge in [-0.3, -0.25) is 19.3 Å². The fourth-order valence-corrected chi connectivity index (χ4v) is 4.24. The molecule has 0 bridgehead atoms. The minimum atomic E-state index is -0.333. The zero-order chi connectivity index (χ0) is 26.1. The molecule has 1 atom stereocenters. The Morgan fingerprint density at radius 3 is 2.46 bits per heavy atom. The minimum absolute atomic E-state index is 0.0559.